The number of Topliss-reactive ketones (excluding diaryl/α,β-unsaturated/α-hetero) is 1. The molecule has 7 aromatic heterocycles. The minimum absolute atomic E-state index is 0.0144. The van der Waals surface area contributed by atoms with Crippen LogP contribution in [-0.4, -0.2) is 77.5 Å². The van der Waals surface area contributed by atoms with Gasteiger partial charge < -0.3 is 28.4 Å². The molecule has 20 heteroatoms. The monoisotopic (exact) mass is 813 g/mol. The Morgan fingerprint density at radius 1 is 0.776 bits per heavy atom. The molecule has 0 aliphatic heterocycles. The molecule has 0 spiro atoms. The van der Waals surface area contributed by atoms with E-state index in [2.05, 4.69) is 40.2 Å². The van der Waals surface area contributed by atoms with Crippen LogP contribution in [0.25, 0.3) is 16.9 Å². The van der Waals surface area contributed by atoms with E-state index in [4.69, 9.17) is 9.84 Å². The number of thiazole rings is 1. The van der Waals surface area contributed by atoms with Crippen LogP contribution in [0.15, 0.2) is 105 Å². The first-order chi connectivity index (χ1) is 27.9. The average Bonchev–Trinajstić information content (AvgIpc) is 4.05. The van der Waals surface area contributed by atoms with Crippen molar-refractivity contribution in [3.05, 3.63) is 132 Å². The smallest absolute Gasteiger partial charge is 0.416 e. The van der Waals surface area contributed by atoms with Crippen LogP contribution in [0.4, 0.5) is 24.0 Å². The lowest BCUT2D eigenvalue weighted by Gasteiger charge is -2.08. The molecule has 0 bridgehead atoms. The van der Waals surface area contributed by atoms with E-state index in [1.807, 2.05) is 13.8 Å². The molecule has 8 aromatic rings. The number of nitrogens with one attached hydrogen (secondary N) is 1. The summed E-state index contributed by atoms with van der Waals surface area (Å²) in [5, 5.41) is 12.1. The van der Waals surface area contributed by atoms with Crippen molar-refractivity contribution in [2.24, 2.45) is 0 Å². The van der Waals surface area contributed by atoms with E-state index in [0.29, 0.717) is 45.8 Å². The number of esters is 1. The van der Waals surface area contributed by atoms with Gasteiger partial charge in [-0.2, -0.15) is 13.2 Å². The predicted octanol–water partition coefficient (Wildman–Crippen LogP) is 7.44. The highest BCUT2D eigenvalue weighted by Gasteiger charge is 2.30. The number of ether oxygens (including phenoxy) is 1. The van der Waals surface area contributed by atoms with Gasteiger partial charge in [-0.05, 0) is 36.6 Å². The zero-order valence-electron chi connectivity index (χ0n) is 30.8. The lowest BCUT2D eigenvalue weighted by molar-refractivity contribution is -0.137. The first-order valence-electron chi connectivity index (χ1n) is 17.6. The number of unbranched alkanes of at least 4 members (excludes halogenated alkanes) is 1. The summed E-state index contributed by atoms with van der Waals surface area (Å²) in [6.07, 6.45) is 18.7. The Balaban J connectivity index is 0.000000168. The number of carboxylic acids is 1. The van der Waals surface area contributed by atoms with Gasteiger partial charge in [0.15, 0.2) is 39.2 Å². The van der Waals surface area contributed by atoms with Crippen LogP contribution in [-0.2, 0) is 10.9 Å². The summed E-state index contributed by atoms with van der Waals surface area (Å²) in [4.78, 5) is 63.7. The normalized spacial score (nSPS) is 11.7. The molecule has 16 nitrogen and oxygen atoms in total. The number of ketones is 1. The molecule has 0 aliphatic carbocycles. The van der Waals surface area contributed by atoms with E-state index in [-0.39, 0.29) is 29.8 Å². The number of anilines is 2. The van der Waals surface area contributed by atoms with Gasteiger partial charge in [0.1, 0.15) is 5.69 Å². The van der Waals surface area contributed by atoms with Crippen LogP contribution in [0.5, 0.6) is 0 Å². The van der Waals surface area contributed by atoms with Crippen molar-refractivity contribution in [2.45, 2.75) is 45.2 Å². The first kappa shape index (κ1) is 40.6. The molecule has 1 atom stereocenters. The SMILES string of the molecule is CC(CC(=O)c1cn2ccnc2cn1)c1cnc(Nc2ccc(C(F)(F)F)cc2)s1.CCCCOC(=O)c1cn2ccnc2cn1.O=C(O)c1cn2ccnc2cn1. The molecule has 2 N–H and O–H groups in total. The molecule has 1 unspecified atom stereocenters. The first-order valence-corrected chi connectivity index (χ1v) is 18.4. The number of alkyl halides is 3. The van der Waals surface area contributed by atoms with E-state index in [1.54, 1.807) is 81.4 Å². The number of imidazole rings is 3. The van der Waals surface area contributed by atoms with Crippen LogP contribution in [0, 0.1) is 0 Å². The number of benzene rings is 1. The summed E-state index contributed by atoms with van der Waals surface area (Å²) in [6.45, 7) is 4.41. The number of hydrogen-bond acceptors (Lipinski definition) is 13. The number of halogens is 3. The number of fused-ring (bicyclic) bond motifs is 3. The largest absolute Gasteiger partial charge is 0.476 e. The fourth-order valence-electron chi connectivity index (χ4n) is 5.14. The Bertz CT molecular complexity index is 2660. The van der Waals surface area contributed by atoms with E-state index >= 15 is 0 Å². The maximum Gasteiger partial charge on any atom is 0.416 e. The standard InChI is InChI=1S/C20H16F3N5OS.C11H13N3O2.C7H5N3O2/c1-12(8-16(29)15-11-28-7-6-24-18(28)10-25-15)17-9-26-19(30-17)27-14-4-2-13(3-5-14)20(21,22)23;1-2-3-6-16-11(15)9-8-14-5-4-12-10(14)7-13-9;11-7(12)5-4-10-2-1-8-6(10)3-9-5/h2-7,9-12H,8H2,1H3,(H,26,27);4-5,7-8H,2-3,6H2,1H3;1-4H,(H,11,12). The molecule has 1 aromatic carbocycles. The summed E-state index contributed by atoms with van der Waals surface area (Å²) < 4.78 is 48.1. The van der Waals surface area contributed by atoms with Crippen LogP contribution in [0.3, 0.4) is 0 Å². The van der Waals surface area contributed by atoms with Gasteiger partial charge in [-0.3, -0.25) is 4.79 Å². The van der Waals surface area contributed by atoms with Gasteiger partial charge in [0.05, 0.1) is 30.8 Å². The van der Waals surface area contributed by atoms with Crippen molar-refractivity contribution in [1.29, 1.82) is 0 Å². The third-order valence-corrected chi connectivity index (χ3v) is 9.39. The summed E-state index contributed by atoms with van der Waals surface area (Å²) in [5.74, 6) is -1.60. The van der Waals surface area contributed by atoms with E-state index < -0.39 is 17.7 Å². The van der Waals surface area contributed by atoms with Gasteiger partial charge >= 0.3 is 18.1 Å². The Hall–Kier alpha value is -7.09. The Morgan fingerprint density at radius 2 is 1.31 bits per heavy atom. The second-order valence-corrected chi connectivity index (χ2v) is 13.5. The van der Waals surface area contributed by atoms with E-state index in [0.717, 1.165) is 29.9 Å². The van der Waals surface area contributed by atoms with Crippen LogP contribution >= 0.6 is 11.3 Å². The van der Waals surface area contributed by atoms with Crippen LogP contribution < -0.4 is 5.32 Å². The summed E-state index contributed by atoms with van der Waals surface area (Å²) in [5.41, 5.74) is 2.50. The fourth-order valence-corrected chi connectivity index (χ4v) is 6.03. The molecule has 0 fully saturated rings. The van der Waals surface area contributed by atoms with Gasteiger partial charge in [-0.25, -0.2) is 44.5 Å². The molecule has 8 rings (SSSR count). The molecule has 298 valence electrons. The highest BCUT2D eigenvalue weighted by molar-refractivity contribution is 7.15. The number of hydrogen-bond donors (Lipinski definition) is 2. The number of carbonyl (C=O) groups is 3. The molecule has 7 heterocycles. The van der Waals surface area contributed by atoms with Crippen molar-refractivity contribution >= 4 is 56.8 Å². The number of nitrogens with zero attached hydrogens (tertiary/aromatic N) is 10. The number of carboxylic acid groups (broad SMARTS) is 1. The molecular formula is C38H34F3N11O5S. The van der Waals surface area contributed by atoms with Gasteiger partial charge in [-0.1, -0.05) is 20.3 Å². The fraction of sp³-hybridized carbons (Fsp3) is 0.211. The molecule has 58 heavy (non-hydrogen) atoms. The third kappa shape index (κ3) is 10.4. The Morgan fingerprint density at radius 3 is 1.86 bits per heavy atom. The second kappa shape index (κ2) is 18.2. The lowest BCUT2D eigenvalue weighted by Crippen LogP contribution is -2.09. The summed E-state index contributed by atoms with van der Waals surface area (Å²) in [6, 6.07) is 4.74. The Kier molecular flexibility index (Phi) is 12.8. The van der Waals surface area contributed by atoms with E-state index in [1.165, 1.54) is 35.9 Å². The molecule has 0 amide bonds. The Labute approximate surface area is 331 Å². The molecular weight excluding hydrogens is 780 g/mol. The van der Waals surface area contributed by atoms with E-state index in [9.17, 15) is 27.6 Å². The van der Waals surface area contributed by atoms with Crippen molar-refractivity contribution < 1.29 is 37.4 Å². The summed E-state index contributed by atoms with van der Waals surface area (Å²) in [7, 11) is 0. The number of aromatic carboxylic acids is 1. The number of rotatable bonds is 11. The van der Waals surface area contributed by atoms with Crippen molar-refractivity contribution in [3.63, 3.8) is 0 Å². The van der Waals surface area contributed by atoms with Crippen molar-refractivity contribution in [2.75, 3.05) is 11.9 Å². The highest BCUT2D eigenvalue weighted by atomic mass is 32.1. The average molecular weight is 814 g/mol. The minimum atomic E-state index is -4.37. The topological polar surface area (TPSA) is 196 Å². The summed E-state index contributed by atoms with van der Waals surface area (Å²) >= 11 is 1.35. The van der Waals surface area contributed by atoms with Crippen LogP contribution in [0.2, 0.25) is 0 Å². The van der Waals surface area contributed by atoms with Gasteiger partial charge in [0.25, 0.3) is 0 Å². The van der Waals surface area contributed by atoms with Crippen molar-refractivity contribution in [1.82, 2.24) is 48.1 Å². The van der Waals surface area contributed by atoms with Crippen LogP contribution in [0.1, 0.15) is 80.9 Å². The quantitative estimate of drug-likeness (QED) is 0.0744. The lowest BCUT2D eigenvalue weighted by atomic mass is 10.0. The number of aromatic nitrogens is 10. The second-order valence-electron chi connectivity index (χ2n) is 12.5. The third-order valence-electron chi connectivity index (χ3n) is 8.25. The molecule has 0 saturated heterocycles. The van der Waals surface area contributed by atoms with Gasteiger partial charge in [-0.15, -0.1) is 11.3 Å². The molecule has 0 saturated carbocycles. The predicted molar refractivity (Wildman–Crippen MR) is 205 cm³/mol. The van der Waals surface area contributed by atoms with Gasteiger partial charge in [0, 0.05) is 79.0 Å². The molecule has 0 aliphatic rings. The highest BCUT2D eigenvalue weighted by Crippen LogP contribution is 2.33. The zero-order valence-corrected chi connectivity index (χ0v) is 31.6. The minimum Gasteiger partial charge on any atom is -0.476 e. The van der Waals surface area contributed by atoms with Crippen molar-refractivity contribution in [3.8, 4) is 0 Å². The zero-order chi connectivity index (χ0) is 41.2. The number of carbonyl (C=O) groups excluding carboxylic acids is 2. The van der Waals surface area contributed by atoms with Gasteiger partial charge in [0.2, 0.25) is 0 Å². The maximum atomic E-state index is 12.7. The molecule has 0 radical (unpaired) electrons. The maximum absolute atomic E-state index is 12.7.